The molecule has 0 aromatic heterocycles. The van der Waals surface area contributed by atoms with Gasteiger partial charge in [0.15, 0.2) is 6.61 Å². The lowest BCUT2D eigenvalue weighted by molar-refractivity contribution is -0.118. The highest BCUT2D eigenvalue weighted by Crippen LogP contribution is 2.35. The second-order valence-electron chi connectivity index (χ2n) is 6.03. The van der Waals surface area contributed by atoms with E-state index in [9.17, 15) is 14.3 Å². The zero-order valence-corrected chi connectivity index (χ0v) is 13.5. The normalized spacial score (nSPS) is 16.4. The number of carbonyl (C=O) groups excluding carboxylic acids is 1. The van der Waals surface area contributed by atoms with E-state index in [0.29, 0.717) is 17.0 Å². The van der Waals surface area contributed by atoms with Crippen LogP contribution in [0.5, 0.6) is 5.75 Å². The monoisotopic (exact) mass is 329 g/mol. The number of halogens is 1. The Morgan fingerprint density at radius 3 is 3.00 bits per heavy atom. The second kappa shape index (κ2) is 7.01. The predicted molar refractivity (Wildman–Crippen MR) is 89.6 cm³/mol. The van der Waals surface area contributed by atoms with Gasteiger partial charge in [0, 0.05) is 5.69 Å². The summed E-state index contributed by atoms with van der Waals surface area (Å²) in [7, 11) is 0. The van der Waals surface area contributed by atoms with Crippen molar-refractivity contribution in [2.75, 3.05) is 11.9 Å². The van der Waals surface area contributed by atoms with E-state index in [-0.39, 0.29) is 18.3 Å². The van der Waals surface area contributed by atoms with Gasteiger partial charge in [-0.2, -0.15) is 0 Å². The van der Waals surface area contributed by atoms with Gasteiger partial charge in [-0.25, -0.2) is 4.39 Å². The number of aryl methyl sites for hydroxylation is 1. The number of benzene rings is 2. The minimum absolute atomic E-state index is 0.165. The third-order valence-electron chi connectivity index (χ3n) is 4.25. The van der Waals surface area contributed by atoms with E-state index >= 15 is 0 Å². The molecule has 0 saturated heterocycles. The van der Waals surface area contributed by atoms with Crippen molar-refractivity contribution in [3.63, 3.8) is 0 Å². The summed E-state index contributed by atoms with van der Waals surface area (Å²) in [5.74, 6) is -0.0939. The first-order chi connectivity index (χ1) is 11.5. The van der Waals surface area contributed by atoms with Crippen molar-refractivity contribution >= 4 is 11.6 Å². The summed E-state index contributed by atoms with van der Waals surface area (Å²) in [6.07, 6.45) is 1.99. The fraction of sp³-hybridized carbons (Fsp3) is 0.316. The van der Waals surface area contributed by atoms with Crippen LogP contribution < -0.4 is 10.1 Å². The molecule has 126 valence electrons. The van der Waals surface area contributed by atoms with E-state index in [1.165, 1.54) is 6.07 Å². The van der Waals surface area contributed by atoms with Gasteiger partial charge in [0.05, 0.1) is 6.10 Å². The molecule has 0 aliphatic heterocycles. The van der Waals surface area contributed by atoms with Crippen LogP contribution in [0.1, 0.15) is 35.6 Å². The molecule has 2 aromatic rings. The van der Waals surface area contributed by atoms with Gasteiger partial charge < -0.3 is 15.2 Å². The molecule has 1 amide bonds. The quantitative estimate of drug-likeness (QED) is 0.902. The van der Waals surface area contributed by atoms with Gasteiger partial charge in [0.2, 0.25) is 0 Å². The molecule has 1 aliphatic carbocycles. The Balaban J connectivity index is 1.64. The molecule has 0 bridgehead atoms. The zero-order chi connectivity index (χ0) is 17.1. The average Bonchev–Trinajstić information content (AvgIpc) is 2.57. The predicted octanol–water partition coefficient (Wildman–Crippen LogP) is 3.52. The number of nitrogens with one attached hydrogen (secondary N) is 1. The number of ether oxygens (including phenoxy) is 1. The van der Waals surface area contributed by atoms with Crippen LogP contribution in [0.2, 0.25) is 0 Å². The molecule has 1 atom stereocenters. The maximum absolute atomic E-state index is 13.5. The number of anilines is 1. The Labute approximate surface area is 140 Å². The molecule has 2 aromatic carbocycles. The SMILES string of the molecule is Cc1ccc(NC(=O)COc2cccc3c2CCC[C@H]3O)cc1F. The maximum Gasteiger partial charge on any atom is 0.262 e. The first-order valence-electron chi connectivity index (χ1n) is 8.03. The van der Waals surface area contributed by atoms with Crippen LogP contribution in [0.4, 0.5) is 10.1 Å². The fourth-order valence-corrected chi connectivity index (χ4v) is 2.94. The summed E-state index contributed by atoms with van der Waals surface area (Å²) in [6.45, 7) is 1.50. The van der Waals surface area contributed by atoms with E-state index in [0.717, 1.165) is 30.4 Å². The molecular weight excluding hydrogens is 309 g/mol. The summed E-state index contributed by atoms with van der Waals surface area (Å²) < 4.78 is 19.1. The van der Waals surface area contributed by atoms with Crippen molar-refractivity contribution in [2.45, 2.75) is 32.3 Å². The van der Waals surface area contributed by atoms with Crippen molar-refractivity contribution in [3.05, 3.63) is 58.9 Å². The number of amides is 1. The topological polar surface area (TPSA) is 58.6 Å². The third kappa shape index (κ3) is 3.57. The number of hydrogen-bond acceptors (Lipinski definition) is 3. The van der Waals surface area contributed by atoms with E-state index in [1.807, 2.05) is 12.1 Å². The van der Waals surface area contributed by atoms with Crippen molar-refractivity contribution in [3.8, 4) is 5.75 Å². The fourth-order valence-electron chi connectivity index (χ4n) is 2.94. The molecule has 0 fully saturated rings. The molecule has 3 rings (SSSR count). The molecule has 24 heavy (non-hydrogen) atoms. The Bertz CT molecular complexity index is 760. The number of hydrogen-bond donors (Lipinski definition) is 2. The van der Waals surface area contributed by atoms with Gasteiger partial charge in [-0.15, -0.1) is 0 Å². The molecule has 5 heteroatoms. The van der Waals surface area contributed by atoms with Crippen molar-refractivity contribution < 1.29 is 19.0 Å². The van der Waals surface area contributed by atoms with Crippen LogP contribution in [0.25, 0.3) is 0 Å². The molecule has 0 heterocycles. The standard InChI is InChI=1S/C19H20FNO3/c1-12-8-9-13(10-16(12)20)21-19(23)11-24-18-7-3-4-14-15(18)5-2-6-17(14)22/h3-4,7-10,17,22H,2,5-6,11H2,1H3,(H,21,23)/t17-/m1/s1. The van der Waals surface area contributed by atoms with Gasteiger partial charge in [-0.1, -0.05) is 18.2 Å². The zero-order valence-electron chi connectivity index (χ0n) is 13.5. The highest BCUT2D eigenvalue weighted by atomic mass is 19.1. The van der Waals surface area contributed by atoms with Gasteiger partial charge in [-0.05, 0) is 61.1 Å². The highest BCUT2D eigenvalue weighted by Gasteiger charge is 2.21. The first kappa shape index (κ1) is 16.5. The lowest BCUT2D eigenvalue weighted by atomic mass is 9.89. The Kier molecular flexibility index (Phi) is 4.81. The van der Waals surface area contributed by atoms with Crippen LogP contribution in [0, 0.1) is 12.7 Å². The number of rotatable bonds is 4. The Morgan fingerprint density at radius 1 is 1.38 bits per heavy atom. The maximum atomic E-state index is 13.5. The lowest BCUT2D eigenvalue weighted by Crippen LogP contribution is -2.21. The van der Waals surface area contributed by atoms with Crippen LogP contribution in [0.15, 0.2) is 36.4 Å². The van der Waals surface area contributed by atoms with E-state index < -0.39 is 6.10 Å². The van der Waals surface area contributed by atoms with Crippen LogP contribution in [0.3, 0.4) is 0 Å². The smallest absolute Gasteiger partial charge is 0.262 e. The summed E-state index contributed by atoms with van der Waals surface area (Å²) in [6, 6.07) is 10.1. The van der Waals surface area contributed by atoms with Crippen molar-refractivity contribution in [2.24, 2.45) is 0 Å². The molecule has 0 unspecified atom stereocenters. The summed E-state index contributed by atoms with van der Waals surface area (Å²) in [5.41, 5.74) is 2.76. The largest absolute Gasteiger partial charge is 0.483 e. The lowest BCUT2D eigenvalue weighted by Gasteiger charge is -2.23. The molecule has 1 aliphatic rings. The molecular formula is C19H20FNO3. The average molecular weight is 329 g/mol. The molecule has 0 spiro atoms. The molecule has 2 N–H and O–H groups in total. The van der Waals surface area contributed by atoms with Crippen LogP contribution in [-0.2, 0) is 11.2 Å². The van der Waals surface area contributed by atoms with Crippen molar-refractivity contribution in [1.29, 1.82) is 0 Å². The summed E-state index contributed by atoms with van der Waals surface area (Å²) in [5, 5.41) is 12.7. The second-order valence-corrected chi connectivity index (χ2v) is 6.03. The first-order valence-corrected chi connectivity index (χ1v) is 8.03. The minimum atomic E-state index is -0.471. The number of fused-ring (bicyclic) bond motifs is 1. The van der Waals surface area contributed by atoms with Gasteiger partial charge in [0.1, 0.15) is 11.6 Å². The van der Waals surface area contributed by atoms with Gasteiger partial charge in [0.25, 0.3) is 5.91 Å². The molecule has 0 radical (unpaired) electrons. The number of aliphatic hydroxyl groups excluding tert-OH is 1. The van der Waals surface area contributed by atoms with Crippen LogP contribution >= 0.6 is 0 Å². The van der Waals surface area contributed by atoms with Crippen molar-refractivity contribution in [1.82, 2.24) is 0 Å². The number of aliphatic hydroxyl groups is 1. The third-order valence-corrected chi connectivity index (χ3v) is 4.25. The van der Waals surface area contributed by atoms with Gasteiger partial charge in [-0.3, -0.25) is 4.79 Å². The van der Waals surface area contributed by atoms with E-state index in [4.69, 9.17) is 4.74 Å². The molecule has 4 nitrogen and oxygen atoms in total. The van der Waals surface area contributed by atoms with Crippen LogP contribution in [-0.4, -0.2) is 17.6 Å². The van der Waals surface area contributed by atoms with E-state index in [2.05, 4.69) is 5.32 Å². The van der Waals surface area contributed by atoms with E-state index in [1.54, 1.807) is 25.1 Å². The minimum Gasteiger partial charge on any atom is -0.483 e. The Morgan fingerprint density at radius 2 is 2.21 bits per heavy atom. The molecule has 0 saturated carbocycles. The Hall–Kier alpha value is -2.40. The summed E-state index contributed by atoms with van der Waals surface area (Å²) in [4.78, 5) is 12.0. The highest BCUT2D eigenvalue weighted by molar-refractivity contribution is 5.91. The number of carbonyl (C=O) groups is 1. The summed E-state index contributed by atoms with van der Waals surface area (Å²) >= 11 is 0. The van der Waals surface area contributed by atoms with Gasteiger partial charge >= 0.3 is 0 Å².